The minimum absolute atomic E-state index is 0.0390. The quantitative estimate of drug-likeness (QED) is 0.824. The van der Waals surface area contributed by atoms with Crippen molar-refractivity contribution in [1.29, 1.82) is 0 Å². The van der Waals surface area contributed by atoms with Crippen LogP contribution in [0.5, 0.6) is 0 Å². The second-order valence-electron chi connectivity index (χ2n) is 3.88. The summed E-state index contributed by atoms with van der Waals surface area (Å²) in [6.45, 7) is 0.411. The molecule has 0 bridgehead atoms. The van der Waals surface area contributed by atoms with Crippen LogP contribution in [0.1, 0.15) is 22.1 Å². The van der Waals surface area contributed by atoms with Gasteiger partial charge in [0, 0.05) is 25.4 Å². The van der Waals surface area contributed by atoms with Crippen molar-refractivity contribution in [3.05, 3.63) is 41.9 Å². The van der Waals surface area contributed by atoms with Crippen LogP contribution < -0.4 is 5.32 Å². The fourth-order valence-corrected chi connectivity index (χ4v) is 1.98. The highest BCUT2D eigenvalue weighted by Gasteiger charge is 2.12. The van der Waals surface area contributed by atoms with Crippen LogP contribution in [0, 0.1) is 0 Å². The van der Waals surface area contributed by atoms with Crippen LogP contribution in [0.2, 0.25) is 0 Å². The fourth-order valence-electron chi connectivity index (χ4n) is 1.54. The molecule has 2 heterocycles. The molecule has 0 aliphatic carbocycles. The van der Waals surface area contributed by atoms with Crippen molar-refractivity contribution in [2.75, 3.05) is 6.54 Å². The van der Waals surface area contributed by atoms with Crippen LogP contribution in [-0.4, -0.2) is 28.2 Å². The van der Waals surface area contributed by atoms with Gasteiger partial charge >= 0.3 is 0 Å². The van der Waals surface area contributed by atoms with Gasteiger partial charge in [-0.2, -0.15) is 8.78 Å². The van der Waals surface area contributed by atoms with Gasteiger partial charge in [0.15, 0.2) is 5.76 Å². The Morgan fingerprint density at radius 2 is 2.35 bits per heavy atom. The van der Waals surface area contributed by atoms with E-state index < -0.39 is 5.76 Å². The number of thioether (sulfide) groups is 1. The summed E-state index contributed by atoms with van der Waals surface area (Å²) < 4.78 is 29.2. The van der Waals surface area contributed by atoms with E-state index >= 15 is 0 Å². The lowest BCUT2D eigenvalue weighted by Gasteiger charge is -2.01. The van der Waals surface area contributed by atoms with Crippen LogP contribution in [0.4, 0.5) is 8.78 Å². The number of nitrogens with one attached hydrogen (secondary N) is 2. The van der Waals surface area contributed by atoms with Gasteiger partial charge in [0.1, 0.15) is 11.6 Å². The number of rotatable bonds is 7. The van der Waals surface area contributed by atoms with Gasteiger partial charge < -0.3 is 14.7 Å². The lowest BCUT2D eigenvalue weighted by atomic mass is 10.3. The zero-order valence-electron chi connectivity index (χ0n) is 10.4. The van der Waals surface area contributed by atoms with E-state index in [1.165, 1.54) is 12.1 Å². The minimum Gasteiger partial charge on any atom is -0.455 e. The molecule has 2 N–H and O–H groups in total. The van der Waals surface area contributed by atoms with Gasteiger partial charge in [-0.1, -0.05) is 11.8 Å². The molecule has 0 saturated heterocycles. The maximum Gasteiger partial charge on any atom is 0.287 e. The summed E-state index contributed by atoms with van der Waals surface area (Å²) in [6.07, 6.45) is 3.92. The molecule has 20 heavy (non-hydrogen) atoms. The van der Waals surface area contributed by atoms with E-state index in [-0.39, 0.29) is 17.4 Å². The van der Waals surface area contributed by atoms with E-state index in [1.807, 2.05) is 0 Å². The molecular weight excluding hydrogens is 288 g/mol. The van der Waals surface area contributed by atoms with E-state index in [9.17, 15) is 13.6 Å². The van der Waals surface area contributed by atoms with Crippen molar-refractivity contribution in [3.8, 4) is 0 Å². The minimum atomic E-state index is -2.45. The molecule has 0 atom stereocenters. The summed E-state index contributed by atoms with van der Waals surface area (Å²) in [5.41, 5.74) is 0. The molecule has 2 rings (SSSR count). The van der Waals surface area contributed by atoms with Gasteiger partial charge in [0.05, 0.1) is 5.75 Å². The fraction of sp³-hybridized carbons (Fsp3) is 0.333. The van der Waals surface area contributed by atoms with E-state index in [1.54, 1.807) is 12.4 Å². The SMILES string of the molecule is O=C(NCCc1ncc[nH]1)c1ccc(CSC(F)F)o1. The zero-order chi connectivity index (χ0) is 14.4. The zero-order valence-corrected chi connectivity index (χ0v) is 11.3. The summed E-state index contributed by atoms with van der Waals surface area (Å²) >= 11 is 0.454. The first-order chi connectivity index (χ1) is 9.65. The largest absolute Gasteiger partial charge is 0.455 e. The monoisotopic (exact) mass is 301 g/mol. The van der Waals surface area contributed by atoms with Gasteiger partial charge in [-0.3, -0.25) is 4.79 Å². The Kier molecular flexibility index (Phi) is 5.16. The van der Waals surface area contributed by atoms with Gasteiger partial charge in [0.2, 0.25) is 0 Å². The standard InChI is InChI=1S/C12H13F2N3O2S/c13-12(14)20-7-8-1-2-9(19-8)11(18)17-4-3-10-15-5-6-16-10/h1-2,5-6,12H,3-4,7H2,(H,15,16)(H,17,18). The van der Waals surface area contributed by atoms with Crippen molar-refractivity contribution in [2.45, 2.75) is 17.9 Å². The Morgan fingerprint density at radius 1 is 1.50 bits per heavy atom. The second kappa shape index (κ2) is 7.09. The van der Waals surface area contributed by atoms with Crippen molar-refractivity contribution < 1.29 is 18.0 Å². The molecule has 108 valence electrons. The van der Waals surface area contributed by atoms with Crippen LogP contribution >= 0.6 is 11.8 Å². The van der Waals surface area contributed by atoms with Crippen LogP contribution in [0.3, 0.4) is 0 Å². The third-order valence-corrected chi connectivity index (χ3v) is 3.14. The molecule has 2 aromatic rings. The number of furan rings is 1. The topological polar surface area (TPSA) is 70.9 Å². The first kappa shape index (κ1) is 14.6. The molecule has 0 aromatic carbocycles. The number of halogens is 2. The average Bonchev–Trinajstić information content (AvgIpc) is 3.07. The summed E-state index contributed by atoms with van der Waals surface area (Å²) in [5, 5.41) is 2.67. The predicted molar refractivity (Wildman–Crippen MR) is 70.6 cm³/mol. The Labute approximate surface area is 118 Å². The number of hydrogen-bond donors (Lipinski definition) is 2. The van der Waals surface area contributed by atoms with Gasteiger partial charge in [0.25, 0.3) is 11.7 Å². The molecule has 0 fully saturated rings. The van der Waals surface area contributed by atoms with Gasteiger partial charge in [-0.15, -0.1) is 0 Å². The lowest BCUT2D eigenvalue weighted by molar-refractivity contribution is 0.0925. The number of nitrogens with zero attached hydrogens (tertiary/aromatic N) is 1. The van der Waals surface area contributed by atoms with Crippen LogP contribution in [-0.2, 0) is 12.2 Å². The third kappa shape index (κ3) is 4.37. The highest BCUT2D eigenvalue weighted by molar-refractivity contribution is 7.98. The van der Waals surface area contributed by atoms with Gasteiger partial charge in [-0.25, -0.2) is 4.98 Å². The number of aromatic nitrogens is 2. The molecule has 0 radical (unpaired) electrons. The highest BCUT2D eigenvalue weighted by Crippen LogP contribution is 2.21. The number of imidazole rings is 1. The lowest BCUT2D eigenvalue weighted by Crippen LogP contribution is -2.25. The Morgan fingerprint density at radius 3 is 3.05 bits per heavy atom. The molecule has 5 nitrogen and oxygen atoms in total. The smallest absolute Gasteiger partial charge is 0.287 e. The van der Waals surface area contributed by atoms with Gasteiger partial charge in [-0.05, 0) is 12.1 Å². The maximum absolute atomic E-state index is 12.0. The van der Waals surface area contributed by atoms with Crippen LogP contribution in [0.15, 0.2) is 28.9 Å². The Balaban J connectivity index is 1.77. The van der Waals surface area contributed by atoms with E-state index in [2.05, 4.69) is 15.3 Å². The van der Waals surface area contributed by atoms with Crippen molar-refractivity contribution in [3.63, 3.8) is 0 Å². The number of amides is 1. The first-order valence-electron chi connectivity index (χ1n) is 5.90. The molecule has 0 saturated carbocycles. The van der Waals surface area contributed by atoms with Crippen molar-refractivity contribution in [2.24, 2.45) is 0 Å². The Hall–Kier alpha value is -1.83. The van der Waals surface area contributed by atoms with E-state index in [0.717, 1.165) is 5.82 Å². The molecule has 0 aliphatic rings. The number of hydrogen-bond acceptors (Lipinski definition) is 4. The number of H-pyrrole nitrogens is 1. The van der Waals surface area contributed by atoms with Crippen molar-refractivity contribution >= 4 is 17.7 Å². The number of alkyl halides is 2. The van der Waals surface area contributed by atoms with E-state index in [0.29, 0.717) is 30.5 Å². The molecule has 0 unspecified atom stereocenters. The van der Waals surface area contributed by atoms with Crippen LogP contribution in [0.25, 0.3) is 0 Å². The van der Waals surface area contributed by atoms with E-state index in [4.69, 9.17) is 4.42 Å². The molecular formula is C12H13F2N3O2S. The Bertz CT molecular complexity index is 543. The summed E-state index contributed by atoms with van der Waals surface area (Å²) in [5.74, 6) is -1.53. The molecule has 1 amide bonds. The number of aromatic amines is 1. The molecule has 0 spiro atoms. The summed E-state index contributed by atoms with van der Waals surface area (Å²) in [6, 6.07) is 3.00. The highest BCUT2D eigenvalue weighted by atomic mass is 32.2. The second-order valence-corrected chi connectivity index (χ2v) is 4.86. The summed E-state index contributed by atoms with van der Waals surface area (Å²) in [4.78, 5) is 18.7. The number of carbonyl (C=O) groups excluding carboxylic acids is 1. The summed E-state index contributed by atoms with van der Waals surface area (Å²) in [7, 11) is 0. The first-order valence-corrected chi connectivity index (χ1v) is 6.95. The maximum atomic E-state index is 12.0. The van der Waals surface area contributed by atoms with Crippen molar-refractivity contribution in [1.82, 2.24) is 15.3 Å². The molecule has 2 aromatic heterocycles. The third-order valence-electron chi connectivity index (χ3n) is 2.44. The average molecular weight is 301 g/mol. The predicted octanol–water partition coefficient (Wildman–Crippen LogP) is 2.43. The normalized spacial score (nSPS) is 10.9. The molecule has 8 heteroatoms. The number of carbonyl (C=O) groups is 1. The molecule has 0 aliphatic heterocycles.